The van der Waals surface area contributed by atoms with E-state index in [1.54, 1.807) is 18.5 Å². The summed E-state index contributed by atoms with van der Waals surface area (Å²) in [5.41, 5.74) is 3.46. The normalized spacial score (nSPS) is 10.8. The number of amides is 1. The molecule has 6 heteroatoms. The quantitative estimate of drug-likeness (QED) is 0.454. The molecule has 0 fully saturated rings. The third kappa shape index (κ3) is 4.38. The highest BCUT2D eigenvalue weighted by atomic mass is 16.5. The van der Waals surface area contributed by atoms with Crippen molar-refractivity contribution >= 4 is 33.9 Å². The maximum absolute atomic E-state index is 12.8. The summed E-state index contributed by atoms with van der Waals surface area (Å²) in [5.74, 6) is 0.368. The van der Waals surface area contributed by atoms with Crippen molar-refractivity contribution in [2.45, 2.75) is 20.0 Å². The van der Waals surface area contributed by atoms with Gasteiger partial charge in [-0.25, -0.2) is 0 Å². The fourth-order valence-electron chi connectivity index (χ4n) is 3.11. The molecule has 0 bridgehead atoms. The molecular formula is C24H22N4O2. The van der Waals surface area contributed by atoms with E-state index in [4.69, 9.17) is 4.74 Å². The van der Waals surface area contributed by atoms with Crippen molar-refractivity contribution < 1.29 is 9.53 Å². The van der Waals surface area contributed by atoms with E-state index in [1.807, 2.05) is 68.4 Å². The van der Waals surface area contributed by atoms with Crippen LogP contribution in [0.4, 0.5) is 17.1 Å². The number of carbonyl (C=O) groups excluding carboxylic acids is 1. The first-order valence-corrected chi connectivity index (χ1v) is 9.73. The molecule has 2 N–H and O–H groups in total. The largest absolute Gasteiger partial charge is 0.489 e. The first-order valence-electron chi connectivity index (χ1n) is 9.73. The molecule has 6 nitrogen and oxygen atoms in total. The number of ether oxygens (including phenoxy) is 1. The van der Waals surface area contributed by atoms with Gasteiger partial charge in [-0.3, -0.25) is 14.8 Å². The molecule has 0 saturated carbocycles. The summed E-state index contributed by atoms with van der Waals surface area (Å²) in [6.45, 7) is 3.89. The van der Waals surface area contributed by atoms with Crippen LogP contribution in [0, 0.1) is 0 Å². The Morgan fingerprint density at radius 1 is 0.967 bits per heavy atom. The van der Waals surface area contributed by atoms with Crippen LogP contribution in [0.2, 0.25) is 0 Å². The number of rotatable bonds is 6. The number of nitrogens with one attached hydrogen (secondary N) is 2. The predicted octanol–water partition coefficient (Wildman–Crippen LogP) is 5.41. The van der Waals surface area contributed by atoms with E-state index in [2.05, 4.69) is 20.6 Å². The molecule has 1 amide bonds. The van der Waals surface area contributed by atoms with Crippen LogP contribution in [0.1, 0.15) is 24.2 Å². The summed E-state index contributed by atoms with van der Waals surface area (Å²) < 4.78 is 5.78. The van der Waals surface area contributed by atoms with Gasteiger partial charge in [-0.2, -0.15) is 0 Å². The number of hydrogen-bond acceptors (Lipinski definition) is 5. The van der Waals surface area contributed by atoms with Gasteiger partial charge in [0.25, 0.3) is 5.91 Å². The zero-order valence-corrected chi connectivity index (χ0v) is 16.8. The minimum absolute atomic E-state index is 0.00607. The summed E-state index contributed by atoms with van der Waals surface area (Å²) >= 11 is 0. The van der Waals surface area contributed by atoms with E-state index in [-0.39, 0.29) is 12.0 Å². The van der Waals surface area contributed by atoms with Crippen molar-refractivity contribution in [2.75, 3.05) is 10.6 Å². The third-order valence-corrected chi connectivity index (χ3v) is 4.41. The molecule has 2 aromatic heterocycles. The van der Waals surface area contributed by atoms with Crippen molar-refractivity contribution in [3.05, 3.63) is 84.8 Å². The molecule has 150 valence electrons. The van der Waals surface area contributed by atoms with Gasteiger partial charge in [0.1, 0.15) is 5.75 Å². The Labute approximate surface area is 175 Å². The first kappa shape index (κ1) is 19.4. The number of anilines is 3. The van der Waals surface area contributed by atoms with E-state index in [0.717, 1.165) is 16.6 Å². The highest BCUT2D eigenvalue weighted by Gasteiger charge is 2.12. The maximum Gasteiger partial charge on any atom is 0.257 e. The molecular weight excluding hydrogens is 376 g/mol. The highest BCUT2D eigenvalue weighted by molar-refractivity contribution is 6.05. The molecule has 2 aromatic carbocycles. The fourth-order valence-corrected chi connectivity index (χ4v) is 3.11. The second-order valence-electron chi connectivity index (χ2n) is 7.08. The molecule has 4 rings (SSSR count). The monoisotopic (exact) mass is 398 g/mol. The predicted molar refractivity (Wildman–Crippen MR) is 119 cm³/mol. The van der Waals surface area contributed by atoms with Crippen LogP contribution in [0.25, 0.3) is 10.9 Å². The third-order valence-electron chi connectivity index (χ3n) is 4.41. The highest BCUT2D eigenvalue weighted by Crippen LogP contribution is 2.27. The van der Waals surface area contributed by atoms with Crippen molar-refractivity contribution in [3.63, 3.8) is 0 Å². The minimum Gasteiger partial charge on any atom is -0.489 e. The number of aromatic nitrogens is 2. The fraction of sp³-hybridized carbons (Fsp3) is 0.125. The summed E-state index contributed by atoms with van der Waals surface area (Å²) in [7, 11) is 0. The molecule has 0 saturated heterocycles. The van der Waals surface area contributed by atoms with E-state index in [0.29, 0.717) is 22.7 Å². The minimum atomic E-state index is -0.262. The van der Waals surface area contributed by atoms with Crippen LogP contribution in [0.3, 0.4) is 0 Å². The van der Waals surface area contributed by atoms with Crippen LogP contribution in [0.15, 0.2) is 79.3 Å². The van der Waals surface area contributed by atoms with E-state index >= 15 is 0 Å². The van der Waals surface area contributed by atoms with Gasteiger partial charge in [-0.05, 0) is 44.2 Å². The van der Waals surface area contributed by atoms with Crippen molar-refractivity contribution in [2.24, 2.45) is 0 Å². The number of fused-ring (bicyclic) bond motifs is 1. The zero-order chi connectivity index (χ0) is 20.9. The van der Waals surface area contributed by atoms with Crippen molar-refractivity contribution in [1.29, 1.82) is 0 Å². The average Bonchev–Trinajstić information content (AvgIpc) is 2.75. The van der Waals surface area contributed by atoms with Gasteiger partial charge in [0, 0.05) is 17.8 Å². The van der Waals surface area contributed by atoms with Gasteiger partial charge < -0.3 is 15.4 Å². The van der Waals surface area contributed by atoms with Crippen LogP contribution in [-0.2, 0) is 0 Å². The Morgan fingerprint density at radius 3 is 2.63 bits per heavy atom. The number of pyridine rings is 2. The van der Waals surface area contributed by atoms with Crippen LogP contribution in [0.5, 0.6) is 5.75 Å². The lowest BCUT2D eigenvalue weighted by molar-refractivity contribution is 0.102. The van der Waals surface area contributed by atoms with Crippen LogP contribution >= 0.6 is 0 Å². The lowest BCUT2D eigenvalue weighted by Gasteiger charge is -2.15. The van der Waals surface area contributed by atoms with Crippen molar-refractivity contribution in [3.8, 4) is 5.75 Å². The van der Waals surface area contributed by atoms with Gasteiger partial charge in [-0.15, -0.1) is 0 Å². The Hall–Kier alpha value is -3.93. The number of benzene rings is 2. The Kier molecular flexibility index (Phi) is 5.57. The molecule has 30 heavy (non-hydrogen) atoms. The molecule has 0 radical (unpaired) electrons. The van der Waals surface area contributed by atoms with Gasteiger partial charge in [0.2, 0.25) is 0 Å². The smallest absolute Gasteiger partial charge is 0.257 e. The SMILES string of the molecule is CC(C)Oc1ccccc1NC(=O)c1cncc(Nc2cccc3cccnc23)c1. The number of carbonyl (C=O) groups is 1. The summed E-state index contributed by atoms with van der Waals surface area (Å²) in [6.07, 6.45) is 4.97. The summed E-state index contributed by atoms with van der Waals surface area (Å²) in [5, 5.41) is 7.26. The van der Waals surface area contributed by atoms with Crippen LogP contribution < -0.4 is 15.4 Å². The molecule has 0 aliphatic heterocycles. The number of nitrogens with zero attached hydrogens (tertiary/aromatic N) is 2. The summed E-state index contributed by atoms with van der Waals surface area (Å²) in [4.78, 5) is 21.5. The van der Waals surface area contributed by atoms with Gasteiger partial charge in [0.05, 0.1) is 40.4 Å². The van der Waals surface area contributed by atoms with E-state index in [9.17, 15) is 4.79 Å². The van der Waals surface area contributed by atoms with Gasteiger partial charge >= 0.3 is 0 Å². The molecule has 4 aromatic rings. The molecule has 2 heterocycles. The molecule has 0 aliphatic carbocycles. The second kappa shape index (κ2) is 8.61. The average molecular weight is 398 g/mol. The molecule has 0 atom stereocenters. The Morgan fingerprint density at radius 2 is 1.77 bits per heavy atom. The molecule has 0 spiro atoms. The molecule has 0 unspecified atom stereocenters. The lowest BCUT2D eigenvalue weighted by Crippen LogP contribution is -2.15. The van der Waals surface area contributed by atoms with Crippen LogP contribution in [-0.4, -0.2) is 22.0 Å². The first-order chi connectivity index (χ1) is 14.6. The zero-order valence-electron chi connectivity index (χ0n) is 16.8. The molecule has 0 aliphatic rings. The Balaban J connectivity index is 1.56. The van der Waals surface area contributed by atoms with E-state index < -0.39 is 0 Å². The van der Waals surface area contributed by atoms with E-state index in [1.165, 1.54) is 6.20 Å². The van der Waals surface area contributed by atoms with Gasteiger partial charge in [-0.1, -0.05) is 30.3 Å². The Bertz CT molecular complexity index is 1190. The number of para-hydroxylation sites is 3. The topological polar surface area (TPSA) is 76.1 Å². The summed E-state index contributed by atoms with van der Waals surface area (Å²) in [6, 6.07) is 19.0. The second-order valence-corrected chi connectivity index (χ2v) is 7.08. The number of hydrogen-bond donors (Lipinski definition) is 2. The standard InChI is InChI=1S/C24H22N4O2/c1-16(2)30-22-11-4-3-9-20(22)28-24(29)18-13-19(15-25-14-18)27-21-10-5-7-17-8-6-12-26-23(17)21/h3-16,27H,1-2H3,(H,28,29). The lowest BCUT2D eigenvalue weighted by atomic mass is 10.2. The van der Waals surface area contributed by atoms with Crippen molar-refractivity contribution in [1.82, 2.24) is 9.97 Å². The van der Waals surface area contributed by atoms with Gasteiger partial charge in [0.15, 0.2) is 0 Å². The maximum atomic E-state index is 12.8.